The van der Waals surface area contributed by atoms with Crippen LogP contribution in [-0.4, -0.2) is 0 Å². The first-order chi connectivity index (χ1) is 6.81. The van der Waals surface area contributed by atoms with Crippen molar-refractivity contribution >= 4 is 0 Å². The van der Waals surface area contributed by atoms with Gasteiger partial charge in [0, 0.05) is 5.56 Å². The molecule has 0 spiro atoms. The molecule has 0 N–H and O–H groups in total. The Hall–Kier alpha value is -1.43. The number of halogens is 2. The van der Waals surface area contributed by atoms with Crippen LogP contribution in [-0.2, 0) is 5.41 Å². The van der Waals surface area contributed by atoms with E-state index in [1.165, 1.54) is 13.0 Å². The summed E-state index contributed by atoms with van der Waals surface area (Å²) in [4.78, 5) is 0. The average molecular weight is 209 g/mol. The van der Waals surface area contributed by atoms with Crippen molar-refractivity contribution < 1.29 is 8.78 Å². The average Bonchev–Trinajstić information content (AvgIpc) is 2.20. The molecule has 0 saturated heterocycles. The summed E-state index contributed by atoms with van der Waals surface area (Å²) in [5.41, 5.74) is -0.115. The Bertz CT molecular complexity index is 442. The van der Waals surface area contributed by atoms with Crippen LogP contribution in [0.1, 0.15) is 30.5 Å². The van der Waals surface area contributed by atoms with Crippen LogP contribution in [0.5, 0.6) is 0 Å². The van der Waals surface area contributed by atoms with Crippen LogP contribution >= 0.6 is 0 Å². The van der Waals surface area contributed by atoms with Crippen molar-refractivity contribution in [2.24, 2.45) is 0 Å². The predicted molar refractivity (Wildman–Crippen MR) is 54.5 cm³/mol. The summed E-state index contributed by atoms with van der Waals surface area (Å²) in [6, 6.07) is 3.29. The molecule has 3 heteroatoms. The van der Waals surface area contributed by atoms with E-state index in [1.807, 2.05) is 6.07 Å². The van der Waals surface area contributed by atoms with Crippen LogP contribution in [0.4, 0.5) is 8.78 Å². The Labute approximate surface area is 88.3 Å². The summed E-state index contributed by atoms with van der Waals surface area (Å²) in [7, 11) is 0. The highest BCUT2D eigenvalue weighted by Gasteiger charge is 2.25. The lowest BCUT2D eigenvalue weighted by Crippen LogP contribution is -2.17. The maximum absolute atomic E-state index is 13.6. The van der Waals surface area contributed by atoms with Gasteiger partial charge in [-0.2, -0.15) is 5.26 Å². The summed E-state index contributed by atoms with van der Waals surface area (Å²) in [6.07, 6.45) is 0. The standard InChI is InChI=1S/C12H13F2N/c1-7-9(12(3,4)6-15)5-10(13)8(2)11(7)14/h5H,1-4H3. The van der Waals surface area contributed by atoms with Crippen molar-refractivity contribution in [1.29, 1.82) is 5.26 Å². The molecule has 0 atom stereocenters. The van der Waals surface area contributed by atoms with Crippen molar-refractivity contribution in [3.8, 4) is 6.07 Å². The molecule has 80 valence electrons. The normalized spacial score (nSPS) is 11.3. The van der Waals surface area contributed by atoms with Crippen molar-refractivity contribution in [2.45, 2.75) is 33.1 Å². The van der Waals surface area contributed by atoms with Crippen LogP contribution in [0.2, 0.25) is 0 Å². The van der Waals surface area contributed by atoms with Gasteiger partial charge in [0.25, 0.3) is 0 Å². The first kappa shape index (κ1) is 11.6. The molecule has 0 aliphatic carbocycles. The summed E-state index contributed by atoms with van der Waals surface area (Å²) >= 11 is 0. The zero-order valence-electron chi connectivity index (χ0n) is 9.28. The van der Waals surface area contributed by atoms with Crippen molar-refractivity contribution in [2.75, 3.05) is 0 Å². The molecular formula is C12H13F2N. The predicted octanol–water partition coefficient (Wildman–Crippen LogP) is 3.38. The maximum Gasteiger partial charge on any atom is 0.132 e. The molecule has 0 bridgehead atoms. The lowest BCUT2D eigenvalue weighted by Gasteiger charge is -2.20. The number of nitrogens with zero attached hydrogens (tertiary/aromatic N) is 1. The second-order valence-corrected chi connectivity index (χ2v) is 4.21. The van der Waals surface area contributed by atoms with Crippen molar-refractivity contribution in [3.63, 3.8) is 0 Å². The van der Waals surface area contributed by atoms with Crippen LogP contribution in [0.25, 0.3) is 0 Å². The highest BCUT2D eigenvalue weighted by atomic mass is 19.1. The highest BCUT2D eigenvalue weighted by molar-refractivity contribution is 5.41. The largest absolute Gasteiger partial charge is 0.207 e. The molecule has 1 nitrogen and oxygen atoms in total. The monoisotopic (exact) mass is 209 g/mol. The fourth-order valence-electron chi connectivity index (χ4n) is 1.56. The Kier molecular flexibility index (Phi) is 2.81. The molecule has 0 amide bonds. The number of hydrogen-bond donors (Lipinski definition) is 0. The quantitative estimate of drug-likeness (QED) is 0.695. The molecule has 0 aliphatic rings. The van der Waals surface area contributed by atoms with Crippen LogP contribution < -0.4 is 0 Å². The van der Waals surface area contributed by atoms with E-state index in [2.05, 4.69) is 0 Å². The minimum Gasteiger partial charge on any atom is -0.207 e. The lowest BCUT2D eigenvalue weighted by molar-refractivity contribution is 0.546. The molecule has 0 aliphatic heterocycles. The van der Waals surface area contributed by atoms with Crippen LogP contribution in [0.3, 0.4) is 0 Å². The third-order valence-electron chi connectivity index (χ3n) is 2.64. The Morgan fingerprint density at radius 2 is 1.73 bits per heavy atom. The van der Waals surface area contributed by atoms with E-state index < -0.39 is 17.0 Å². The molecular weight excluding hydrogens is 196 g/mol. The van der Waals surface area contributed by atoms with Gasteiger partial charge in [0.15, 0.2) is 0 Å². The van der Waals surface area contributed by atoms with Gasteiger partial charge in [-0.1, -0.05) is 0 Å². The molecule has 0 unspecified atom stereocenters. The molecule has 0 radical (unpaired) electrons. The van der Waals surface area contributed by atoms with Gasteiger partial charge in [0.1, 0.15) is 11.6 Å². The number of rotatable bonds is 1. The third-order valence-corrected chi connectivity index (χ3v) is 2.64. The van der Waals surface area contributed by atoms with Gasteiger partial charge >= 0.3 is 0 Å². The molecule has 1 rings (SSSR count). The summed E-state index contributed by atoms with van der Waals surface area (Å²) in [6.45, 7) is 6.24. The second kappa shape index (κ2) is 3.62. The van der Waals surface area contributed by atoms with Gasteiger partial charge in [-0.25, -0.2) is 8.78 Å². The van der Waals surface area contributed by atoms with Gasteiger partial charge in [0.2, 0.25) is 0 Å². The van der Waals surface area contributed by atoms with Crippen molar-refractivity contribution in [3.05, 3.63) is 34.4 Å². The van der Waals surface area contributed by atoms with Crippen LogP contribution in [0, 0.1) is 36.8 Å². The molecule has 0 aromatic heterocycles. The lowest BCUT2D eigenvalue weighted by atomic mass is 9.82. The fraction of sp³-hybridized carbons (Fsp3) is 0.417. The molecule has 0 saturated carbocycles. The first-order valence-corrected chi connectivity index (χ1v) is 4.68. The van der Waals surface area contributed by atoms with E-state index in [1.54, 1.807) is 20.8 Å². The maximum atomic E-state index is 13.6. The number of benzene rings is 1. The first-order valence-electron chi connectivity index (χ1n) is 4.68. The Balaban J connectivity index is 3.54. The summed E-state index contributed by atoms with van der Waals surface area (Å²) in [5.74, 6) is -1.16. The highest BCUT2D eigenvalue weighted by Crippen LogP contribution is 2.29. The van der Waals surface area contributed by atoms with Gasteiger partial charge in [0.05, 0.1) is 11.5 Å². The van der Waals surface area contributed by atoms with Crippen LogP contribution in [0.15, 0.2) is 6.07 Å². The molecule has 15 heavy (non-hydrogen) atoms. The Morgan fingerprint density at radius 1 is 1.20 bits per heavy atom. The van der Waals surface area contributed by atoms with E-state index in [0.29, 0.717) is 11.1 Å². The topological polar surface area (TPSA) is 23.8 Å². The van der Waals surface area contributed by atoms with Gasteiger partial charge < -0.3 is 0 Å². The fourth-order valence-corrected chi connectivity index (χ4v) is 1.56. The minimum atomic E-state index is -0.876. The van der Waals surface area contributed by atoms with Gasteiger partial charge in [-0.05, 0) is 44.9 Å². The van der Waals surface area contributed by atoms with E-state index in [-0.39, 0.29) is 5.56 Å². The zero-order valence-corrected chi connectivity index (χ0v) is 9.28. The van der Waals surface area contributed by atoms with E-state index in [0.717, 1.165) is 0 Å². The van der Waals surface area contributed by atoms with Gasteiger partial charge in [-0.15, -0.1) is 0 Å². The Morgan fingerprint density at radius 3 is 2.20 bits per heavy atom. The van der Waals surface area contributed by atoms with E-state index in [4.69, 9.17) is 5.26 Å². The summed E-state index contributed by atoms with van der Waals surface area (Å²) < 4.78 is 26.9. The smallest absolute Gasteiger partial charge is 0.132 e. The molecule has 0 fully saturated rings. The molecule has 0 heterocycles. The van der Waals surface area contributed by atoms with Gasteiger partial charge in [-0.3, -0.25) is 0 Å². The third kappa shape index (κ3) is 1.85. The van der Waals surface area contributed by atoms with E-state index >= 15 is 0 Å². The number of nitriles is 1. The molecule has 1 aromatic rings. The SMILES string of the molecule is Cc1c(F)cc(C(C)(C)C#N)c(C)c1F. The zero-order chi connectivity index (χ0) is 11.8. The van der Waals surface area contributed by atoms with Crippen molar-refractivity contribution in [1.82, 2.24) is 0 Å². The minimum absolute atomic E-state index is 0.00462. The molecule has 1 aromatic carbocycles. The summed E-state index contributed by atoms with van der Waals surface area (Å²) in [5, 5.41) is 8.93. The number of hydrogen-bond acceptors (Lipinski definition) is 1. The van der Waals surface area contributed by atoms with E-state index in [9.17, 15) is 8.78 Å². The second-order valence-electron chi connectivity index (χ2n) is 4.21.